The van der Waals surface area contributed by atoms with Gasteiger partial charge in [0, 0.05) is 18.6 Å². The van der Waals surface area contributed by atoms with Crippen LogP contribution in [0.4, 0.5) is 14.6 Å². The summed E-state index contributed by atoms with van der Waals surface area (Å²) in [5, 5.41) is 2.93. The van der Waals surface area contributed by atoms with E-state index in [1.54, 1.807) is 24.4 Å². The normalized spacial score (nSPS) is 10.5. The number of nitrogens with zero attached hydrogens (tertiary/aromatic N) is 6. The van der Waals surface area contributed by atoms with Crippen molar-refractivity contribution in [3.8, 4) is 0 Å². The molecular formula is C15H13Cl3F2N6S3. The Hall–Kier alpha value is -0.980. The number of aromatic nitrogens is 5. The van der Waals surface area contributed by atoms with Crippen molar-refractivity contribution < 1.29 is 8.78 Å². The number of anilines is 1. The number of hydrogen-bond donors (Lipinski definition) is 0. The Balaban J connectivity index is 0.000000234. The predicted octanol–water partition coefficient (Wildman–Crippen LogP) is 5.73. The van der Waals surface area contributed by atoms with Gasteiger partial charge in [0.2, 0.25) is 5.82 Å². The molecule has 6 nitrogen and oxygen atoms in total. The molecule has 0 atom stereocenters. The Morgan fingerprint density at radius 3 is 1.93 bits per heavy atom. The molecule has 3 aromatic heterocycles. The van der Waals surface area contributed by atoms with Gasteiger partial charge in [-0.3, -0.25) is 0 Å². The molecule has 0 aliphatic rings. The zero-order valence-corrected chi connectivity index (χ0v) is 19.9. The van der Waals surface area contributed by atoms with Gasteiger partial charge in [-0.15, -0.1) is 11.3 Å². The molecular weight excluding hydrogens is 505 g/mol. The summed E-state index contributed by atoms with van der Waals surface area (Å²) in [5.41, 5.74) is 0. The highest BCUT2D eigenvalue weighted by atomic mass is 35.5. The fourth-order valence-corrected chi connectivity index (χ4v) is 3.91. The van der Waals surface area contributed by atoms with E-state index in [1.165, 1.54) is 34.9 Å². The average molecular weight is 518 g/mol. The van der Waals surface area contributed by atoms with E-state index in [9.17, 15) is 8.78 Å². The van der Waals surface area contributed by atoms with E-state index < -0.39 is 11.6 Å². The number of thiazole rings is 1. The molecule has 3 heterocycles. The number of thioether (sulfide) groups is 2. The molecule has 0 unspecified atom stereocenters. The highest BCUT2D eigenvalue weighted by Crippen LogP contribution is 2.26. The third kappa shape index (κ3) is 6.76. The summed E-state index contributed by atoms with van der Waals surface area (Å²) in [6, 6.07) is 0. The van der Waals surface area contributed by atoms with E-state index in [-0.39, 0.29) is 21.3 Å². The summed E-state index contributed by atoms with van der Waals surface area (Å²) in [6.45, 7) is 0.482. The van der Waals surface area contributed by atoms with Crippen molar-refractivity contribution >= 4 is 75.5 Å². The molecule has 0 spiro atoms. The summed E-state index contributed by atoms with van der Waals surface area (Å²) >= 11 is 20.6. The van der Waals surface area contributed by atoms with E-state index in [2.05, 4.69) is 24.9 Å². The standard InChI is InChI=1S/C10H10ClFN4S2.C5H3Cl2FN2S/c1-16(5-6-13-3-4-18-6)9-7(12)8(11)14-10(15-9)17-2;1-11-5-9-3(6)2(8)4(7)10-5/h3-4H,5H2,1-2H3;1H3. The third-order valence-electron chi connectivity index (χ3n) is 3.11. The lowest BCUT2D eigenvalue weighted by atomic mass is 10.4. The van der Waals surface area contributed by atoms with E-state index in [0.29, 0.717) is 16.9 Å². The lowest BCUT2D eigenvalue weighted by Crippen LogP contribution is -2.20. The van der Waals surface area contributed by atoms with Crippen LogP contribution in [0.15, 0.2) is 21.9 Å². The summed E-state index contributed by atoms with van der Waals surface area (Å²) in [4.78, 5) is 21.0. The van der Waals surface area contributed by atoms with E-state index in [1.807, 2.05) is 11.6 Å². The molecule has 3 aromatic rings. The Morgan fingerprint density at radius 1 is 0.931 bits per heavy atom. The Morgan fingerprint density at radius 2 is 1.45 bits per heavy atom. The lowest BCUT2D eigenvalue weighted by Gasteiger charge is -2.18. The Kier molecular flexibility index (Phi) is 9.57. The van der Waals surface area contributed by atoms with Crippen LogP contribution in [0.1, 0.15) is 5.01 Å². The molecule has 29 heavy (non-hydrogen) atoms. The minimum atomic E-state index is -0.772. The summed E-state index contributed by atoms with van der Waals surface area (Å²) in [5.74, 6) is -1.19. The second kappa shape index (κ2) is 11.4. The topological polar surface area (TPSA) is 67.7 Å². The van der Waals surface area contributed by atoms with Crippen LogP contribution in [0, 0.1) is 11.6 Å². The quantitative estimate of drug-likeness (QED) is 0.241. The average Bonchev–Trinajstić information content (AvgIpc) is 3.21. The summed E-state index contributed by atoms with van der Waals surface area (Å²) < 4.78 is 26.5. The van der Waals surface area contributed by atoms with Crippen LogP contribution in [0.25, 0.3) is 0 Å². The van der Waals surface area contributed by atoms with Gasteiger partial charge in [-0.1, -0.05) is 58.3 Å². The van der Waals surface area contributed by atoms with Gasteiger partial charge in [-0.05, 0) is 12.5 Å². The van der Waals surface area contributed by atoms with Crippen LogP contribution in [0.3, 0.4) is 0 Å². The van der Waals surface area contributed by atoms with Crippen LogP contribution in [0.5, 0.6) is 0 Å². The Bertz CT molecular complexity index is 942. The van der Waals surface area contributed by atoms with Crippen LogP contribution < -0.4 is 4.90 Å². The maximum atomic E-state index is 13.9. The van der Waals surface area contributed by atoms with Crippen molar-refractivity contribution in [3.05, 3.63) is 43.7 Å². The number of halogens is 5. The second-order valence-corrected chi connectivity index (χ2v) is 8.63. The van der Waals surface area contributed by atoms with Crippen LogP contribution >= 0.6 is 69.7 Å². The summed E-state index contributed by atoms with van der Waals surface area (Å²) in [7, 11) is 1.74. The molecule has 0 N–H and O–H groups in total. The first-order valence-electron chi connectivity index (χ1n) is 7.55. The van der Waals surface area contributed by atoms with Crippen molar-refractivity contribution in [2.75, 3.05) is 24.5 Å². The first-order chi connectivity index (χ1) is 13.8. The zero-order chi connectivity index (χ0) is 21.6. The summed E-state index contributed by atoms with van der Waals surface area (Å²) in [6.07, 6.45) is 5.28. The molecule has 156 valence electrons. The molecule has 0 amide bonds. The molecule has 0 fully saturated rings. The maximum absolute atomic E-state index is 13.9. The molecule has 0 saturated heterocycles. The molecule has 0 radical (unpaired) electrons. The molecule has 0 aliphatic heterocycles. The first kappa shape index (κ1) is 24.3. The van der Waals surface area contributed by atoms with Gasteiger partial charge < -0.3 is 4.90 Å². The third-order valence-corrected chi connectivity index (χ3v) is 5.72. The minimum Gasteiger partial charge on any atom is -0.350 e. The van der Waals surface area contributed by atoms with Gasteiger partial charge in [0.05, 0.1) is 6.54 Å². The van der Waals surface area contributed by atoms with Gasteiger partial charge in [0.1, 0.15) is 5.01 Å². The van der Waals surface area contributed by atoms with E-state index in [4.69, 9.17) is 34.8 Å². The molecule has 0 saturated carbocycles. The van der Waals surface area contributed by atoms with Gasteiger partial charge in [-0.25, -0.2) is 29.3 Å². The first-order valence-corrected chi connectivity index (χ1v) is 12.0. The van der Waals surface area contributed by atoms with Crippen LogP contribution in [0.2, 0.25) is 15.5 Å². The molecule has 0 bridgehead atoms. The van der Waals surface area contributed by atoms with Crippen molar-refractivity contribution in [2.45, 2.75) is 16.9 Å². The van der Waals surface area contributed by atoms with E-state index in [0.717, 1.165) is 5.01 Å². The number of rotatable bonds is 5. The lowest BCUT2D eigenvalue weighted by molar-refractivity contribution is 0.599. The Labute approximate surface area is 193 Å². The van der Waals surface area contributed by atoms with Crippen LogP contribution in [-0.4, -0.2) is 44.5 Å². The highest BCUT2D eigenvalue weighted by Gasteiger charge is 2.17. The fourth-order valence-electron chi connectivity index (χ4n) is 1.81. The van der Waals surface area contributed by atoms with Gasteiger partial charge in [0.15, 0.2) is 37.4 Å². The van der Waals surface area contributed by atoms with Crippen molar-refractivity contribution in [2.24, 2.45) is 0 Å². The molecule has 3 rings (SSSR count). The van der Waals surface area contributed by atoms with Gasteiger partial charge in [0.25, 0.3) is 0 Å². The molecule has 0 aliphatic carbocycles. The van der Waals surface area contributed by atoms with Gasteiger partial charge in [-0.2, -0.15) is 4.39 Å². The zero-order valence-electron chi connectivity index (χ0n) is 15.2. The molecule has 0 aromatic carbocycles. The van der Waals surface area contributed by atoms with Crippen molar-refractivity contribution in [1.82, 2.24) is 24.9 Å². The fraction of sp³-hybridized carbons (Fsp3) is 0.267. The SMILES string of the molecule is CSc1nc(Cl)c(F)c(Cl)n1.CSc1nc(Cl)c(F)c(N(C)Cc2nccs2)n1. The van der Waals surface area contributed by atoms with Crippen molar-refractivity contribution in [3.63, 3.8) is 0 Å². The second-order valence-electron chi connectivity index (χ2n) is 5.03. The largest absolute Gasteiger partial charge is 0.350 e. The highest BCUT2D eigenvalue weighted by molar-refractivity contribution is 7.98. The number of hydrogen-bond acceptors (Lipinski definition) is 9. The maximum Gasteiger partial charge on any atom is 0.202 e. The van der Waals surface area contributed by atoms with E-state index >= 15 is 0 Å². The van der Waals surface area contributed by atoms with Crippen LogP contribution in [-0.2, 0) is 6.54 Å². The smallest absolute Gasteiger partial charge is 0.202 e. The monoisotopic (exact) mass is 516 g/mol. The predicted molar refractivity (Wildman–Crippen MR) is 117 cm³/mol. The van der Waals surface area contributed by atoms with Gasteiger partial charge >= 0.3 is 0 Å². The molecule has 14 heteroatoms. The minimum absolute atomic E-state index is 0.157. The van der Waals surface area contributed by atoms with Crippen molar-refractivity contribution in [1.29, 1.82) is 0 Å².